The Morgan fingerprint density at radius 3 is 2.93 bits per heavy atom. The largest absolute Gasteiger partial charge is 0.468 e. The summed E-state index contributed by atoms with van der Waals surface area (Å²) in [5.41, 5.74) is 0. The average molecular weight is 331 g/mol. The monoisotopic (exact) mass is 331 g/mol. The Morgan fingerprint density at radius 1 is 1.64 bits per heavy atom. The van der Waals surface area contributed by atoms with Crippen molar-refractivity contribution < 1.29 is 9.53 Å². The van der Waals surface area contributed by atoms with Gasteiger partial charge < -0.3 is 10.1 Å². The zero-order chi connectivity index (χ0) is 10.8. The number of alkyl halides is 1. The van der Waals surface area contributed by atoms with Crippen LogP contribution >= 0.6 is 34.4 Å². The normalized spacial score (nSPS) is 12.5. The molecule has 5 heteroatoms. The van der Waals surface area contributed by atoms with Gasteiger partial charge in [-0.15, -0.1) is 0 Å². The zero-order valence-electron chi connectivity index (χ0n) is 8.72. The molecule has 0 bridgehead atoms. The number of nitrogens with one attached hydrogen (secondary N) is 1. The van der Waals surface area contributed by atoms with Crippen LogP contribution in [0.3, 0.4) is 0 Å². The summed E-state index contributed by atoms with van der Waals surface area (Å²) in [5, 5.41) is 3.24. The molecule has 0 amide bonds. The molecule has 0 saturated heterocycles. The second-order valence-corrected chi connectivity index (χ2v) is 5.64. The maximum Gasteiger partial charge on any atom is 0.319 e. The van der Waals surface area contributed by atoms with Crippen LogP contribution in [0.1, 0.15) is 13.3 Å². The van der Waals surface area contributed by atoms with Crippen molar-refractivity contribution in [1.29, 1.82) is 0 Å². The number of hydrogen-bond acceptors (Lipinski definition) is 4. The topological polar surface area (TPSA) is 38.3 Å². The predicted molar refractivity (Wildman–Crippen MR) is 70.3 cm³/mol. The van der Waals surface area contributed by atoms with E-state index in [0.29, 0.717) is 6.54 Å². The molecule has 14 heavy (non-hydrogen) atoms. The van der Waals surface area contributed by atoms with Crippen molar-refractivity contribution in [2.75, 3.05) is 31.7 Å². The fraction of sp³-hybridized carbons (Fsp3) is 0.889. The fourth-order valence-electron chi connectivity index (χ4n) is 0.884. The summed E-state index contributed by atoms with van der Waals surface area (Å²) >= 11 is 4.04. The summed E-state index contributed by atoms with van der Waals surface area (Å²) < 4.78 is 4.54. The molecule has 0 fully saturated rings. The smallest absolute Gasteiger partial charge is 0.319 e. The molecule has 0 aliphatic carbocycles. The van der Waals surface area contributed by atoms with E-state index in [1.54, 1.807) is 0 Å². The molecule has 1 N–H and O–H groups in total. The van der Waals surface area contributed by atoms with Gasteiger partial charge in [0, 0.05) is 6.54 Å². The van der Waals surface area contributed by atoms with Crippen LogP contribution in [0.5, 0.6) is 0 Å². The van der Waals surface area contributed by atoms with Crippen LogP contribution in [0.2, 0.25) is 0 Å². The Balaban J connectivity index is 3.23. The highest BCUT2D eigenvalue weighted by molar-refractivity contribution is 14.1. The van der Waals surface area contributed by atoms with E-state index >= 15 is 0 Å². The van der Waals surface area contributed by atoms with Crippen molar-refractivity contribution in [3.8, 4) is 0 Å². The second-order valence-electron chi connectivity index (χ2n) is 2.75. The molecule has 0 saturated carbocycles. The van der Waals surface area contributed by atoms with Gasteiger partial charge in [-0.3, -0.25) is 4.79 Å². The molecule has 0 aliphatic rings. The fourth-order valence-corrected chi connectivity index (χ4v) is 2.09. The van der Waals surface area contributed by atoms with E-state index in [-0.39, 0.29) is 9.89 Å². The van der Waals surface area contributed by atoms with Gasteiger partial charge in [-0.2, -0.15) is 11.8 Å². The van der Waals surface area contributed by atoms with Gasteiger partial charge in [0.2, 0.25) is 0 Å². The molecule has 0 spiro atoms. The number of hydrogen-bond donors (Lipinski definition) is 1. The summed E-state index contributed by atoms with van der Waals surface area (Å²) in [6, 6.07) is 0. The molecular formula is C9H18INO2S. The van der Waals surface area contributed by atoms with Crippen LogP contribution in [0, 0.1) is 0 Å². The van der Waals surface area contributed by atoms with Crippen LogP contribution in [-0.2, 0) is 9.53 Å². The lowest BCUT2D eigenvalue weighted by molar-refractivity contribution is -0.139. The van der Waals surface area contributed by atoms with Gasteiger partial charge in [0.15, 0.2) is 0 Å². The number of rotatable bonds is 8. The Morgan fingerprint density at radius 2 is 2.36 bits per heavy atom. The molecule has 0 aromatic rings. The minimum atomic E-state index is -0.152. The number of ether oxygens (including phenoxy) is 1. The van der Waals surface area contributed by atoms with E-state index in [1.165, 1.54) is 18.6 Å². The number of halogens is 1. The molecule has 1 unspecified atom stereocenters. The number of carbonyl (C=O) groups excluding carboxylic acids is 1. The van der Waals surface area contributed by atoms with Gasteiger partial charge in [0.1, 0.15) is 3.92 Å². The van der Waals surface area contributed by atoms with Crippen molar-refractivity contribution in [2.24, 2.45) is 0 Å². The highest BCUT2D eigenvalue weighted by atomic mass is 127. The van der Waals surface area contributed by atoms with Crippen LogP contribution in [0.15, 0.2) is 0 Å². The van der Waals surface area contributed by atoms with Crippen LogP contribution in [-0.4, -0.2) is 41.6 Å². The molecule has 0 aromatic heterocycles. The Bertz CT molecular complexity index is 158. The van der Waals surface area contributed by atoms with Gasteiger partial charge in [-0.1, -0.05) is 29.5 Å². The molecule has 1 atom stereocenters. The maximum absolute atomic E-state index is 11.0. The first kappa shape index (κ1) is 14.5. The van der Waals surface area contributed by atoms with E-state index in [9.17, 15) is 4.79 Å². The number of methoxy groups -OCH3 is 1. The van der Waals surface area contributed by atoms with Gasteiger partial charge >= 0.3 is 5.97 Å². The zero-order valence-corrected chi connectivity index (χ0v) is 11.7. The number of thioether (sulfide) groups is 1. The molecule has 0 radical (unpaired) electrons. The Kier molecular flexibility index (Phi) is 10.4. The van der Waals surface area contributed by atoms with Crippen molar-refractivity contribution in [2.45, 2.75) is 17.3 Å². The Labute approximate surface area is 104 Å². The van der Waals surface area contributed by atoms with Crippen molar-refractivity contribution in [1.82, 2.24) is 5.32 Å². The third-order valence-corrected chi connectivity index (χ3v) is 3.56. The summed E-state index contributed by atoms with van der Waals surface area (Å²) in [7, 11) is 1.42. The van der Waals surface area contributed by atoms with E-state index in [4.69, 9.17) is 0 Å². The first-order valence-corrected chi connectivity index (χ1v) is 7.12. The van der Waals surface area contributed by atoms with Crippen molar-refractivity contribution >= 4 is 40.3 Å². The Hall–Kier alpha value is 0.510. The third-order valence-electron chi connectivity index (χ3n) is 1.63. The predicted octanol–water partition coefficient (Wildman–Crippen LogP) is 1.70. The average Bonchev–Trinajstić information content (AvgIpc) is 2.21. The highest BCUT2D eigenvalue weighted by Crippen LogP contribution is 2.02. The van der Waals surface area contributed by atoms with Gasteiger partial charge in [-0.05, 0) is 24.5 Å². The highest BCUT2D eigenvalue weighted by Gasteiger charge is 2.13. The minimum Gasteiger partial charge on any atom is -0.468 e. The second kappa shape index (κ2) is 10.0. The lowest BCUT2D eigenvalue weighted by Crippen LogP contribution is -2.30. The summed E-state index contributed by atoms with van der Waals surface area (Å²) in [5.74, 6) is 2.21. The van der Waals surface area contributed by atoms with Crippen molar-refractivity contribution in [3.63, 3.8) is 0 Å². The quantitative estimate of drug-likeness (QED) is 0.318. The summed E-state index contributed by atoms with van der Waals surface area (Å²) in [4.78, 5) is 11.0. The molecule has 0 rings (SSSR count). The molecule has 3 nitrogen and oxygen atoms in total. The number of esters is 1. The maximum atomic E-state index is 11.0. The van der Waals surface area contributed by atoms with Gasteiger partial charge in [0.05, 0.1) is 7.11 Å². The summed E-state index contributed by atoms with van der Waals surface area (Å²) in [6.07, 6.45) is 1.16. The summed E-state index contributed by atoms with van der Waals surface area (Å²) in [6.45, 7) is 3.84. The van der Waals surface area contributed by atoms with Crippen LogP contribution in [0.25, 0.3) is 0 Å². The number of carbonyl (C=O) groups is 1. The first-order chi connectivity index (χ1) is 6.72. The van der Waals surface area contributed by atoms with Gasteiger partial charge in [0.25, 0.3) is 0 Å². The van der Waals surface area contributed by atoms with E-state index in [2.05, 4.69) is 39.6 Å². The van der Waals surface area contributed by atoms with Gasteiger partial charge in [-0.25, -0.2) is 0 Å². The van der Waals surface area contributed by atoms with Crippen molar-refractivity contribution in [3.05, 3.63) is 0 Å². The van der Waals surface area contributed by atoms with E-state index in [0.717, 1.165) is 13.0 Å². The molecule has 0 aromatic carbocycles. The SMILES string of the molecule is CCSCCCNCC(I)C(=O)OC. The van der Waals surface area contributed by atoms with E-state index < -0.39 is 0 Å². The third kappa shape index (κ3) is 7.87. The van der Waals surface area contributed by atoms with Crippen LogP contribution in [0.4, 0.5) is 0 Å². The molecule has 84 valence electrons. The lowest BCUT2D eigenvalue weighted by Gasteiger charge is -2.08. The minimum absolute atomic E-state index is 0.0728. The molecule has 0 heterocycles. The molecular weight excluding hydrogens is 313 g/mol. The first-order valence-electron chi connectivity index (χ1n) is 4.72. The van der Waals surface area contributed by atoms with E-state index in [1.807, 2.05) is 11.8 Å². The standard InChI is InChI=1S/C9H18INO2S/c1-3-14-6-4-5-11-7-8(10)9(12)13-2/h8,11H,3-7H2,1-2H3. The molecule has 0 aliphatic heterocycles. The van der Waals surface area contributed by atoms with Crippen LogP contribution < -0.4 is 5.32 Å². The lowest BCUT2D eigenvalue weighted by atomic mass is 10.4.